The molecule has 6 rings (SSSR count). The van der Waals surface area contributed by atoms with Gasteiger partial charge in [-0.25, -0.2) is 15.0 Å². The van der Waals surface area contributed by atoms with Crippen molar-refractivity contribution in [2.24, 2.45) is 0 Å². The Bertz CT molecular complexity index is 1280. The second-order valence-corrected chi connectivity index (χ2v) is 8.71. The monoisotopic (exact) mass is 442 g/mol. The van der Waals surface area contributed by atoms with E-state index in [1.807, 2.05) is 18.3 Å². The first-order chi connectivity index (χ1) is 16.0. The van der Waals surface area contributed by atoms with Crippen LogP contribution < -0.4 is 11.1 Å². The highest BCUT2D eigenvalue weighted by Gasteiger charge is 2.45. The smallest absolute Gasteiger partial charge is 0.259 e. The second kappa shape index (κ2) is 7.31. The lowest BCUT2D eigenvalue weighted by Crippen LogP contribution is -2.36. The molecule has 2 aliphatic carbocycles. The fraction of sp³-hybridized carbons (Fsp3) is 0.304. The highest BCUT2D eigenvalue weighted by molar-refractivity contribution is 5.58. The first-order valence-corrected chi connectivity index (χ1v) is 10.9. The SMILES string of the molecule is Nc1ncc(-c2ccc(C3(c4noc(-c5ccc(NC6(O)CC6)nc5)n4)CCC3)cn2)cn1. The predicted octanol–water partition coefficient (Wildman–Crippen LogP) is 2.93. The average Bonchev–Trinajstić information content (AvgIpc) is 3.32. The maximum absolute atomic E-state index is 9.99. The molecule has 2 aliphatic rings. The van der Waals surface area contributed by atoms with E-state index in [-0.39, 0.29) is 11.4 Å². The molecule has 0 saturated heterocycles. The number of hydrogen-bond acceptors (Lipinski definition) is 10. The summed E-state index contributed by atoms with van der Waals surface area (Å²) in [6.45, 7) is 0. The number of nitrogens with two attached hydrogens (primary N) is 1. The Morgan fingerprint density at radius 2 is 1.67 bits per heavy atom. The molecule has 2 fully saturated rings. The summed E-state index contributed by atoms with van der Waals surface area (Å²) in [4.78, 5) is 21.8. The third kappa shape index (κ3) is 3.58. The van der Waals surface area contributed by atoms with Crippen molar-refractivity contribution in [3.8, 4) is 22.7 Å². The molecule has 0 aromatic carbocycles. The minimum absolute atomic E-state index is 0.234. The number of aromatic nitrogens is 6. The third-order valence-electron chi connectivity index (χ3n) is 6.44. The van der Waals surface area contributed by atoms with Crippen LogP contribution in [0.1, 0.15) is 43.5 Å². The highest BCUT2D eigenvalue weighted by Crippen LogP contribution is 2.48. The van der Waals surface area contributed by atoms with Crippen LogP contribution in [-0.4, -0.2) is 40.9 Å². The van der Waals surface area contributed by atoms with Gasteiger partial charge in [0, 0.05) is 30.4 Å². The van der Waals surface area contributed by atoms with Crippen molar-refractivity contribution in [1.82, 2.24) is 30.1 Å². The molecule has 4 aromatic heterocycles. The van der Waals surface area contributed by atoms with Crippen molar-refractivity contribution in [3.63, 3.8) is 0 Å². The van der Waals surface area contributed by atoms with Crippen molar-refractivity contribution in [2.45, 2.75) is 43.2 Å². The molecule has 10 nitrogen and oxygen atoms in total. The maximum Gasteiger partial charge on any atom is 0.259 e. The minimum Gasteiger partial charge on any atom is -0.371 e. The summed E-state index contributed by atoms with van der Waals surface area (Å²) in [6.07, 6.45) is 11.3. The largest absolute Gasteiger partial charge is 0.371 e. The number of rotatable bonds is 6. The lowest BCUT2D eigenvalue weighted by molar-refractivity contribution is 0.180. The van der Waals surface area contributed by atoms with Crippen LogP contribution in [0.3, 0.4) is 0 Å². The van der Waals surface area contributed by atoms with E-state index in [0.29, 0.717) is 17.5 Å². The van der Waals surface area contributed by atoms with Gasteiger partial charge in [0.05, 0.1) is 16.7 Å². The molecule has 4 N–H and O–H groups in total. The van der Waals surface area contributed by atoms with E-state index in [1.54, 1.807) is 24.7 Å². The number of nitrogens with one attached hydrogen (secondary N) is 1. The normalized spacial score (nSPS) is 17.8. The number of nitrogen functional groups attached to an aromatic ring is 1. The zero-order valence-corrected chi connectivity index (χ0v) is 17.8. The van der Waals surface area contributed by atoms with Crippen LogP contribution in [0.25, 0.3) is 22.7 Å². The van der Waals surface area contributed by atoms with Crippen LogP contribution in [0.4, 0.5) is 11.8 Å². The number of pyridine rings is 2. The quantitative estimate of drug-likeness (QED) is 0.380. The van der Waals surface area contributed by atoms with Gasteiger partial charge in [-0.2, -0.15) is 4.98 Å². The van der Waals surface area contributed by atoms with Gasteiger partial charge in [0.15, 0.2) is 5.82 Å². The van der Waals surface area contributed by atoms with E-state index in [9.17, 15) is 5.11 Å². The summed E-state index contributed by atoms with van der Waals surface area (Å²) in [7, 11) is 0. The summed E-state index contributed by atoms with van der Waals surface area (Å²) in [5, 5.41) is 17.3. The Kier molecular flexibility index (Phi) is 4.37. The van der Waals surface area contributed by atoms with E-state index in [0.717, 1.165) is 54.5 Å². The van der Waals surface area contributed by atoms with Gasteiger partial charge in [-0.3, -0.25) is 4.98 Å². The van der Waals surface area contributed by atoms with Crippen molar-refractivity contribution in [2.75, 3.05) is 11.1 Å². The Balaban J connectivity index is 1.24. The number of anilines is 2. The van der Waals surface area contributed by atoms with Crippen LogP contribution in [0, 0.1) is 0 Å². The molecule has 0 amide bonds. The summed E-state index contributed by atoms with van der Waals surface area (Å²) in [6, 6.07) is 7.67. The predicted molar refractivity (Wildman–Crippen MR) is 120 cm³/mol. The van der Waals surface area contributed by atoms with Crippen molar-refractivity contribution in [1.29, 1.82) is 0 Å². The number of nitrogens with zero attached hydrogens (tertiary/aromatic N) is 6. The van der Waals surface area contributed by atoms with Gasteiger partial charge < -0.3 is 20.7 Å². The van der Waals surface area contributed by atoms with Crippen molar-refractivity contribution >= 4 is 11.8 Å². The van der Waals surface area contributed by atoms with Crippen molar-refractivity contribution < 1.29 is 9.63 Å². The maximum atomic E-state index is 9.99. The number of hydrogen-bond donors (Lipinski definition) is 3. The van der Waals surface area contributed by atoms with Crippen LogP contribution in [0.2, 0.25) is 0 Å². The molecule has 4 aromatic rings. The zero-order chi connectivity index (χ0) is 22.5. The van der Waals surface area contributed by atoms with Gasteiger partial charge in [0.2, 0.25) is 5.95 Å². The van der Waals surface area contributed by atoms with Crippen LogP contribution in [0.15, 0.2) is 53.6 Å². The molecule has 2 saturated carbocycles. The lowest BCUT2D eigenvalue weighted by Gasteiger charge is -2.39. The summed E-state index contributed by atoms with van der Waals surface area (Å²) in [5.41, 5.74) is 7.81. The van der Waals surface area contributed by atoms with E-state index in [1.165, 1.54) is 0 Å². The summed E-state index contributed by atoms with van der Waals surface area (Å²) < 4.78 is 5.59. The Hall–Kier alpha value is -3.92. The Morgan fingerprint density at radius 1 is 0.879 bits per heavy atom. The highest BCUT2D eigenvalue weighted by atomic mass is 16.5. The molecule has 0 spiro atoms. The molecule has 0 radical (unpaired) electrons. The molecule has 33 heavy (non-hydrogen) atoms. The van der Waals surface area contributed by atoms with E-state index in [2.05, 4.69) is 36.5 Å². The topological polar surface area (TPSA) is 149 Å². The molecule has 0 unspecified atom stereocenters. The van der Waals surface area contributed by atoms with E-state index < -0.39 is 5.72 Å². The van der Waals surface area contributed by atoms with E-state index in [4.69, 9.17) is 15.2 Å². The van der Waals surface area contributed by atoms with Gasteiger partial charge in [-0.05, 0) is 49.4 Å². The molecule has 0 bridgehead atoms. The summed E-state index contributed by atoms with van der Waals surface area (Å²) >= 11 is 0. The Morgan fingerprint density at radius 3 is 2.27 bits per heavy atom. The second-order valence-electron chi connectivity index (χ2n) is 8.71. The van der Waals surface area contributed by atoms with E-state index >= 15 is 0 Å². The lowest BCUT2D eigenvalue weighted by atomic mass is 9.64. The Labute approximate surface area is 189 Å². The third-order valence-corrected chi connectivity index (χ3v) is 6.44. The molecular weight excluding hydrogens is 420 g/mol. The fourth-order valence-electron chi connectivity index (χ4n) is 4.10. The molecule has 0 atom stereocenters. The molecular formula is C23H22N8O2. The van der Waals surface area contributed by atoms with Gasteiger partial charge >= 0.3 is 0 Å². The van der Waals surface area contributed by atoms with Gasteiger partial charge in [0.1, 0.15) is 11.5 Å². The van der Waals surface area contributed by atoms with Crippen LogP contribution in [-0.2, 0) is 5.41 Å². The van der Waals surface area contributed by atoms with Crippen LogP contribution in [0.5, 0.6) is 0 Å². The molecule has 166 valence electrons. The van der Waals surface area contributed by atoms with Gasteiger partial charge in [-0.1, -0.05) is 17.6 Å². The summed E-state index contributed by atoms with van der Waals surface area (Å²) in [5.74, 6) is 1.93. The van der Waals surface area contributed by atoms with Gasteiger partial charge in [-0.15, -0.1) is 0 Å². The molecule has 0 aliphatic heterocycles. The first-order valence-electron chi connectivity index (χ1n) is 10.9. The number of aliphatic hydroxyl groups is 1. The van der Waals surface area contributed by atoms with Crippen molar-refractivity contribution in [3.05, 3.63) is 60.4 Å². The first kappa shape index (κ1) is 19.7. The minimum atomic E-state index is -0.812. The molecule has 10 heteroatoms. The van der Waals surface area contributed by atoms with Gasteiger partial charge in [0.25, 0.3) is 5.89 Å². The van der Waals surface area contributed by atoms with Crippen LogP contribution >= 0.6 is 0 Å². The average molecular weight is 442 g/mol. The molecule has 4 heterocycles. The standard InChI is InChI=1S/C23H22N8O2/c24-21-27-11-15(12-28-21)17-4-3-16(13-25-17)22(6-1-7-22)20-29-19(33-31-20)14-2-5-18(26-10-14)30-23(32)8-9-23/h2-5,10-13,32H,1,6-9H2,(H,26,30)(H2,24,27,28). The fourth-order valence-corrected chi connectivity index (χ4v) is 4.10. The zero-order valence-electron chi connectivity index (χ0n) is 17.8.